The Hall–Kier alpha value is -2.15. The number of hydrogen-bond donors (Lipinski definition) is 2. The third-order valence-corrected chi connectivity index (χ3v) is 3.55. The van der Waals surface area contributed by atoms with Gasteiger partial charge in [-0.2, -0.15) is 5.10 Å². The average Bonchev–Trinajstić information content (AvgIpc) is 2.98. The van der Waals surface area contributed by atoms with Crippen LogP contribution in [0.25, 0.3) is 0 Å². The second-order valence-corrected chi connectivity index (χ2v) is 5.04. The van der Waals surface area contributed by atoms with Gasteiger partial charge in [0.05, 0.1) is 10.6 Å². The molecule has 2 N–H and O–H groups in total. The van der Waals surface area contributed by atoms with Gasteiger partial charge in [-0.3, -0.25) is 9.48 Å². The molecule has 0 fully saturated rings. The molecule has 2 heterocycles. The summed E-state index contributed by atoms with van der Waals surface area (Å²) in [6.45, 7) is 0.468. The number of hydrogen-bond acceptors (Lipinski definition) is 4. The van der Waals surface area contributed by atoms with E-state index in [0.717, 1.165) is 17.0 Å². The van der Waals surface area contributed by atoms with E-state index in [9.17, 15) is 9.59 Å². The molecule has 100 valence electrons. The molecule has 0 atom stereocenters. The maximum Gasteiger partial charge on any atom is 0.345 e. The van der Waals surface area contributed by atoms with Gasteiger partial charge in [0.1, 0.15) is 4.88 Å². The van der Waals surface area contributed by atoms with Crippen molar-refractivity contribution in [2.24, 2.45) is 7.05 Å². The maximum atomic E-state index is 11.8. The van der Waals surface area contributed by atoms with E-state index in [1.807, 2.05) is 19.3 Å². The summed E-state index contributed by atoms with van der Waals surface area (Å²) < 4.78 is 1.70. The molecule has 2 rings (SSSR count). The normalized spacial score (nSPS) is 10.4. The van der Waals surface area contributed by atoms with Gasteiger partial charge < -0.3 is 10.4 Å². The lowest BCUT2D eigenvalue weighted by Gasteiger charge is -2.01. The molecule has 19 heavy (non-hydrogen) atoms. The highest BCUT2D eigenvalue weighted by atomic mass is 32.1. The number of carboxylic acid groups (broad SMARTS) is 1. The van der Waals surface area contributed by atoms with Crippen LogP contribution in [-0.4, -0.2) is 33.3 Å². The van der Waals surface area contributed by atoms with Crippen LogP contribution in [0, 0.1) is 0 Å². The average molecular weight is 279 g/mol. The summed E-state index contributed by atoms with van der Waals surface area (Å²) in [4.78, 5) is 23.0. The largest absolute Gasteiger partial charge is 0.477 e. The summed E-state index contributed by atoms with van der Waals surface area (Å²) in [6.07, 6.45) is 2.49. The molecule has 0 aliphatic carbocycles. The molecule has 0 saturated heterocycles. The molecular weight excluding hydrogens is 266 g/mol. The summed E-state index contributed by atoms with van der Waals surface area (Å²) in [7, 11) is 1.83. The van der Waals surface area contributed by atoms with E-state index in [1.165, 1.54) is 12.1 Å². The smallest absolute Gasteiger partial charge is 0.345 e. The van der Waals surface area contributed by atoms with Crippen molar-refractivity contribution in [1.82, 2.24) is 15.1 Å². The third kappa shape index (κ3) is 3.41. The van der Waals surface area contributed by atoms with Crippen LogP contribution in [0.3, 0.4) is 0 Å². The number of nitrogens with zero attached hydrogens (tertiary/aromatic N) is 2. The maximum absolute atomic E-state index is 11.8. The molecule has 2 aromatic heterocycles. The van der Waals surface area contributed by atoms with Crippen molar-refractivity contribution in [3.8, 4) is 0 Å². The van der Waals surface area contributed by atoms with Gasteiger partial charge in [-0.05, 0) is 18.2 Å². The molecule has 0 aliphatic heterocycles. The fourth-order valence-corrected chi connectivity index (χ4v) is 2.32. The lowest BCUT2D eigenvalue weighted by Crippen LogP contribution is -2.25. The van der Waals surface area contributed by atoms with Crippen molar-refractivity contribution in [2.75, 3.05) is 6.54 Å². The number of aromatic nitrogens is 2. The third-order valence-electron chi connectivity index (χ3n) is 2.48. The van der Waals surface area contributed by atoms with Crippen LogP contribution in [0.2, 0.25) is 0 Å². The highest BCUT2D eigenvalue weighted by molar-refractivity contribution is 7.15. The van der Waals surface area contributed by atoms with Crippen LogP contribution in [0.15, 0.2) is 24.4 Å². The Morgan fingerprint density at radius 1 is 1.37 bits per heavy atom. The first-order valence-electron chi connectivity index (χ1n) is 5.66. The lowest BCUT2D eigenvalue weighted by atomic mass is 10.3. The van der Waals surface area contributed by atoms with Gasteiger partial charge in [-0.15, -0.1) is 11.3 Å². The van der Waals surface area contributed by atoms with Crippen LogP contribution in [0.5, 0.6) is 0 Å². The van der Waals surface area contributed by atoms with E-state index in [0.29, 0.717) is 17.8 Å². The molecule has 0 saturated carbocycles. The summed E-state index contributed by atoms with van der Waals surface area (Å²) in [6, 6.07) is 4.84. The minimum atomic E-state index is -1.02. The van der Waals surface area contributed by atoms with E-state index in [-0.39, 0.29) is 10.8 Å². The highest BCUT2D eigenvalue weighted by Gasteiger charge is 2.12. The van der Waals surface area contributed by atoms with E-state index in [4.69, 9.17) is 5.11 Å². The van der Waals surface area contributed by atoms with E-state index < -0.39 is 5.97 Å². The van der Waals surface area contributed by atoms with Crippen LogP contribution < -0.4 is 5.32 Å². The fraction of sp³-hybridized carbons (Fsp3) is 0.250. The van der Waals surface area contributed by atoms with Crippen molar-refractivity contribution in [3.05, 3.63) is 39.8 Å². The molecule has 1 amide bonds. The summed E-state index contributed by atoms with van der Waals surface area (Å²) >= 11 is 0.968. The first-order valence-corrected chi connectivity index (χ1v) is 6.48. The van der Waals surface area contributed by atoms with Crippen LogP contribution in [-0.2, 0) is 13.5 Å². The predicted molar refractivity (Wildman–Crippen MR) is 70.5 cm³/mol. The monoisotopic (exact) mass is 279 g/mol. The van der Waals surface area contributed by atoms with Gasteiger partial charge in [0.2, 0.25) is 0 Å². The Morgan fingerprint density at radius 3 is 2.68 bits per heavy atom. The fourth-order valence-electron chi connectivity index (χ4n) is 1.56. The first kappa shape index (κ1) is 13.3. The number of rotatable bonds is 5. The van der Waals surface area contributed by atoms with Crippen molar-refractivity contribution in [2.45, 2.75) is 6.42 Å². The number of carbonyl (C=O) groups excluding carboxylic acids is 1. The van der Waals surface area contributed by atoms with Gasteiger partial charge in [0.15, 0.2) is 0 Å². The van der Waals surface area contributed by atoms with Gasteiger partial charge in [0, 0.05) is 26.2 Å². The summed E-state index contributed by atoms with van der Waals surface area (Å²) in [5.41, 5.74) is 0.903. The van der Waals surface area contributed by atoms with Crippen molar-refractivity contribution in [1.29, 1.82) is 0 Å². The molecule has 7 heteroatoms. The highest BCUT2D eigenvalue weighted by Crippen LogP contribution is 2.16. The Kier molecular flexibility index (Phi) is 3.96. The van der Waals surface area contributed by atoms with Crippen molar-refractivity contribution >= 4 is 23.2 Å². The molecule has 0 aromatic carbocycles. The molecule has 0 radical (unpaired) electrons. The molecule has 2 aromatic rings. The number of thiophene rings is 1. The van der Waals surface area contributed by atoms with Gasteiger partial charge >= 0.3 is 5.97 Å². The molecule has 0 spiro atoms. The summed E-state index contributed by atoms with van der Waals surface area (Å²) in [5.74, 6) is -1.27. The number of carbonyl (C=O) groups is 2. The number of carboxylic acids is 1. The number of aromatic carboxylic acids is 1. The van der Waals surface area contributed by atoms with E-state index >= 15 is 0 Å². The zero-order valence-electron chi connectivity index (χ0n) is 10.3. The second kappa shape index (κ2) is 5.66. The zero-order chi connectivity index (χ0) is 13.8. The number of aryl methyl sites for hydroxylation is 1. The predicted octanol–water partition coefficient (Wildman–Crippen LogP) is 1.15. The molecular formula is C12H13N3O3S. The van der Waals surface area contributed by atoms with E-state index in [1.54, 1.807) is 4.68 Å². The second-order valence-electron chi connectivity index (χ2n) is 3.96. The Balaban J connectivity index is 1.85. The number of amides is 1. The Bertz CT molecular complexity index is 603. The topological polar surface area (TPSA) is 84.2 Å². The van der Waals surface area contributed by atoms with Gasteiger partial charge in [-0.1, -0.05) is 0 Å². The summed E-state index contributed by atoms with van der Waals surface area (Å²) in [5, 5.41) is 15.7. The molecule has 6 nitrogen and oxygen atoms in total. The standard InChI is InChI=1S/C12H13N3O3S/c1-15-7-5-8(14-15)4-6-13-11(16)9-2-3-10(19-9)12(17)18/h2-3,5,7H,4,6H2,1H3,(H,13,16)(H,17,18). The Morgan fingerprint density at radius 2 is 2.11 bits per heavy atom. The Labute approximate surface area is 113 Å². The van der Waals surface area contributed by atoms with Crippen LogP contribution in [0.1, 0.15) is 25.0 Å². The van der Waals surface area contributed by atoms with E-state index in [2.05, 4.69) is 10.4 Å². The molecule has 0 aliphatic rings. The molecule has 0 unspecified atom stereocenters. The van der Waals surface area contributed by atoms with Crippen LogP contribution >= 0.6 is 11.3 Å². The number of nitrogens with one attached hydrogen (secondary N) is 1. The van der Waals surface area contributed by atoms with Crippen LogP contribution in [0.4, 0.5) is 0 Å². The van der Waals surface area contributed by atoms with Crippen molar-refractivity contribution < 1.29 is 14.7 Å². The minimum Gasteiger partial charge on any atom is -0.477 e. The zero-order valence-corrected chi connectivity index (χ0v) is 11.1. The lowest BCUT2D eigenvalue weighted by molar-refractivity contribution is 0.0702. The quantitative estimate of drug-likeness (QED) is 0.860. The van der Waals surface area contributed by atoms with Gasteiger partial charge in [-0.25, -0.2) is 4.79 Å². The minimum absolute atomic E-state index is 0.162. The SMILES string of the molecule is Cn1ccc(CCNC(=O)c2ccc(C(=O)O)s2)n1. The van der Waals surface area contributed by atoms with Crippen molar-refractivity contribution in [3.63, 3.8) is 0 Å². The first-order chi connectivity index (χ1) is 9.06. The van der Waals surface area contributed by atoms with Gasteiger partial charge in [0.25, 0.3) is 5.91 Å². The molecule has 0 bridgehead atoms.